The van der Waals surface area contributed by atoms with Gasteiger partial charge in [0, 0.05) is 10.6 Å². The fraction of sp³-hybridized carbons (Fsp3) is 0.533. The Morgan fingerprint density at radius 3 is 2.63 bits per heavy atom. The van der Waals surface area contributed by atoms with Gasteiger partial charge in [0.1, 0.15) is 5.60 Å². The van der Waals surface area contributed by atoms with Gasteiger partial charge in [0.05, 0.1) is 6.61 Å². The Hall–Kier alpha value is -1.06. The van der Waals surface area contributed by atoms with Crippen LogP contribution in [0.15, 0.2) is 24.3 Å². The van der Waals surface area contributed by atoms with Crippen LogP contribution >= 0.6 is 11.6 Å². The van der Waals surface area contributed by atoms with Gasteiger partial charge in [-0.1, -0.05) is 43.1 Å². The molecule has 0 N–H and O–H groups in total. The van der Waals surface area contributed by atoms with Crippen molar-refractivity contribution < 1.29 is 14.3 Å². The number of benzene rings is 1. The molecule has 0 radical (unpaired) electrons. The zero-order valence-corrected chi connectivity index (χ0v) is 12.3. The summed E-state index contributed by atoms with van der Waals surface area (Å²) < 4.78 is 11.0. The van der Waals surface area contributed by atoms with Crippen molar-refractivity contribution in [2.75, 3.05) is 6.61 Å². The zero-order chi connectivity index (χ0) is 14.1. The molecule has 0 amide bonds. The summed E-state index contributed by atoms with van der Waals surface area (Å²) in [5.41, 5.74) is -0.728. The molecule has 0 saturated carbocycles. The van der Waals surface area contributed by atoms with Gasteiger partial charge in [0.15, 0.2) is 5.60 Å². The van der Waals surface area contributed by atoms with Crippen molar-refractivity contribution in [1.29, 1.82) is 0 Å². The van der Waals surface area contributed by atoms with E-state index in [1.165, 1.54) is 0 Å². The monoisotopic (exact) mass is 282 g/mol. The summed E-state index contributed by atoms with van der Waals surface area (Å²) in [7, 11) is 0. The van der Waals surface area contributed by atoms with Gasteiger partial charge in [0.25, 0.3) is 0 Å². The molecule has 0 spiro atoms. The minimum Gasteiger partial charge on any atom is -0.464 e. The molecule has 0 aliphatic carbocycles. The van der Waals surface area contributed by atoms with Gasteiger partial charge in [-0.05, 0) is 26.3 Å². The lowest BCUT2D eigenvalue weighted by Gasteiger charge is -2.16. The normalized spacial score (nSPS) is 29.1. The van der Waals surface area contributed by atoms with E-state index in [9.17, 15) is 4.79 Å². The summed E-state index contributed by atoms with van der Waals surface area (Å²) in [6.45, 7) is 6.08. The highest BCUT2D eigenvalue weighted by molar-refractivity contribution is 6.31. The van der Waals surface area contributed by atoms with Gasteiger partial charge in [-0.15, -0.1) is 0 Å². The van der Waals surface area contributed by atoms with Crippen molar-refractivity contribution in [3.05, 3.63) is 34.9 Å². The van der Waals surface area contributed by atoms with Crippen molar-refractivity contribution in [1.82, 2.24) is 0 Å². The summed E-state index contributed by atoms with van der Waals surface area (Å²) >= 11 is 6.23. The van der Waals surface area contributed by atoms with Crippen LogP contribution in [-0.2, 0) is 19.9 Å². The third-order valence-electron chi connectivity index (χ3n) is 3.70. The van der Waals surface area contributed by atoms with Gasteiger partial charge in [0.2, 0.25) is 0 Å². The maximum atomic E-state index is 12.2. The van der Waals surface area contributed by atoms with E-state index >= 15 is 0 Å². The molecule has 1 heterocycles. The number of hydrogen-bond donors (Lipinski definition) is 0. The summed E-state index contributed by atoms with van der Waals surface area (Å²) in [4.78, 5) is 12.2. The minimum absolute atomic E-state index is 0.292. The molecule has 0 bridgehead atoms. The van der Waals surface area contributed by atoms with Crippen LogP contribution in [0, 0.1) is 0 Å². The molecule has 3 nitrogen and oxygen atoms in total. The Kier molecular flexibility index (Phi) is 3.88. The van der Waals surface area contributed by atoms with Crippen LogP contribution in [0.25, 0.3) is 0 Å². The molecule has 0 aromatic heterocycles. The van der Waals surface area contributed by atoms with Gasteiger partial charge in [-0.3, -0.25) is 0 Å². The lowest BCUT2D eigenvalue weighted by atomic mass is 9.84. The van der Waals surface area contributed by atoms with Crippen LogP contribution < -0.4 is 0 Å². The first-order valence-electron chi connectivity index (χ1n) is 6.64. The Labute approximate surface area is 118 Å². The van der Waals surface area contributed by atoms with E-state index in [1.807, 2.05) is 38.1 Å². The van der Waals surface area contributed by atoms with Gasteiger partial charge in [-0.2, -0.15) is 0 Å². The molecule has 1 aliphatic rings. The van der Waals surface area contributed by atoms with Crippen LogP contribution in [0.4, 0.5) is 0 Å². The molecule has 19 heavy (non-hydrogen) atoms. The van der Waals surface area contributed by atoms with E-state index < -0.39 is 11.2 Å². The van der Waals surface area contributed by atoms with Crippen molar-refractivity contribution in [3.63, 3.8) is 0 Å². The second-order valence-corrected chi connectivity index (χ2v) is 5.32. The highest BCUT2D eigenvalue weighted by atomic mass is 35.5. The molecule has 2 unspecified atom stereocenters. The van der Waals surface area contributed by atoms with Crippen molar-refractivity contribution in [3.8, 4) is 0 Å². The number of hydrogen-bond acceptors (Lipinski definition) is 3. The molecule has 1 aromatic carbocycles. The predicted octanol–water partition coefficient (Wildman–Crippen LogP) is 3.69. The smallest absolute Gasteiger partial charge is 0.341 e. The third kappa shape index (κ3) is 2.15. The van der Waals surface area contributed by atoms with E-state index in [0.29, 0.717) is 18.1 Å². The number of halogens is 1. The van der Waals surface area contributed by atoms with Crippen LogP contribution in [-0.4, -0.2) is 18.2 Å². The number of esters is 1. The molecule has 4 heteroatoms. The molecular formula is C15H19ClO3. The number of ether oxygens (including phenoxy) is 2. The first-order chi connectivity index (χ1) is 9.02. The third-order valence-corrected chi connectivity index (χ3v) is 4.03. The first-order valence-corrected chi connectivity index (χ1v) is 7.02. The Balaban J connectivity index is 2.36. The molecule has 2 atom stereocenters. The molecular weight excluding hydrogens is 264 g/mol. The van der Waals surface area contributed by atoms with E-state index in [2.05, 4.69) is 0 Å². The highest BCUT2D eigenvalue weighted by Crippen LogP contribution is 2.59. The number of carbonyl (C=O) groups is 1. The molecule has 1 aromatic rings. The maximum Gasteiger partial charge on any atom is 0.341 e. The van der Waals surface area contributed by atoms with Gasteiger partial charge < -0.3 is 9.47 Å². The SMILES string of the molecule is CCCC1(C(=O)OCC)OC1(C)c1ccccc1Cl. The first kappa shape index (κ1) is 14.4. The molecule has 104 valence electrons. The standard InChI is InChI=1S/C15H19ClO3/c1-4-10-15(13(17)18-5-2)14(3,19-15)11-8-6-7-9-12(11)16/h6-9H,4-5,10H2,1-3H3. The van der Waals surface area contributed by atoms with E-state index in [1.54, 1.807) is 6.92 Å². The summed E-state index contributed by atoms with van der Waals surface area (Å²) in [6, 6.07) is 7.48. The van der Waals surface area contributed by atoms with Gasteiger partial charge in [-0.25, -0.2) is 4.79 Å². The molecule has 2 rings (SSSR count). The number of carbonyl (C=O) groups excluding carboxylic acids is 1. The van der Waals surface area contributed by atoms with Crippen LogP contribution in [0.1, 0.15) is 39.2 Å². The number of epoxide rings is 1. The summed E-state index contributed by atoms with van der Waals surface area (Å²) in [5.74, 6) is -0.292. The van der Waals surface area contributed by atoms with Gasteiger partial charge >= 0.3 is 5.97 Å². The molecule has 1 fully saturated rings. The minimum atomic E-state index is -0.886. The fourth-order valence-electron chi connectivity index (χ4n) is 2.67. The van der Waals surface area contributed by atoms with Crippen molar-refractivity contribution in [2.45, 2.75) is 44.8 Å². The summed E-state index contributed by atoms with van der Waals surface area (Å²) in [5, 5.41) is 0.618. The lowest BCUT2D eigenvalue weighted by molar-refractivity contribution is -0.149. The molecule has 1 saturated heterocycles. The van der Waals surface area contributed by atoms with E-state index in [0.717, 1.165) is 12.0 Å². The average molecular weight is 283 g/mol. The lowest BCUT2D eigenvalue weighted by Crippen LogP contribution is -2.33. The fourth-order valence-corrected chi connectivity index (χ4v) is 2.99. The van der Waals surface area contributed by atoms with Crippen LogP contribution in [0.5, 0.6) is 0 Å². The predicted molar refractivity (Wildman–Crippen MR) is 74.2 cm³/mol. The van der Waals surface area contributed by atoms with Crippen molar-refractivity contribution in [2.24, 2.45) is 0 Å². The second kappa shape index (κ2) is 5.14. The Bertz CT molecular complexity index is 488. The molecule has 1 aliphatic heterocycles. The highest BCUT2D eigenvalue weighted by Gasteiger charge is 2.73. The Morgan fingerprint density at radius 2 is 2.05 bits per heavy atom. The van der Waals surface area contributed by atoms with Crippen LogP contribution in [0.3, 0.4) is 0 Å². The second-order valence-electron chi connectivity index (χ2n) is 4.91. The maximum absolute atomic E-state index is 12.2. The summed E-state index contributed by atoms with van der Waals surface area (Å²) in [6.07, 6.45) is 1.48. The van der Waals surface area contributed by atoms with Crippen LogP contribution in [0.2, 0.25) is 5.02 Å². The average Bonchev–Trinajstić information content (AvgIpc) is 2.98. The zero-order valence-electron chi connectivity index (χ0n) is 11.5. The number of rotatable bonds is 5. The topological polar surface area (TPSA) is 38.8 Å². The quantitative estimate of drug-likeness (QED) is 0.611. The van der Waals surface area contributed by atoms with Crippen molar-refractivity contribution >= 4 is 17.6 Å². The van der Waals surface area contributed by atoms with E-state index in [-0.39, 0.29) is 5.97 Å². The Morgan fingerprint density at radius 1 is 1.37 bits per heavy atom. The largest absolute Gasteiger partial charge is 0.464 e. The van der Waals surface area contributed by atoms with E-state index in [4.69, 9.17) is 21.1 Å².